The van der Waals surface area contributed by atoms with Crippen LogP contribution >= 0.6 is 11.3 Å². The van der Waals surface area contributed by atoms with Crippen LogP contribution in [0, 0.1) is 6.92 Å². The number of thiazole rings is 1. The monoisotopic (exact) mass is 464 g/mol. The van der Waals surface area contributed by atoms with Crippen LogP contribution in [-0.2, 0) is 4.79 Å². The van der Waals surface area contributed by atoms with Gasteiger partial charge in [-0.2, -0.15) is 9.78 Å². The third-order valence-corrected chi connectivity index (χ3v) is 6.75. The van der Waals surface area contributed by atoms with E-state index in [1.165, 1.54) is 11.3 Å². The van der Waals surface area contributed by atoms with Crippen molar-refractivity contribution in [1.82, 2.24) is 14.8 Å². The first-order valence-electron chi connectivity index (χ1n) is 10.7. The summed E-state index contributed by atoms with van der Waals surface area (Å²) in [6, 6.07) is 11.5. The molecule has 1 N–H and O–H groups in total. The van der Waals surface area contributed by atoms with E-state index in [0.29, 0.717) is 35.5 Å². The molecule has 33 heavy (non-hydrogen) atoms. The minimum Gasteiger partial charge on any atom is -0.497 e. The molecule has 0 saturated carbocycles. The fourth-order valence-electron chi connectivity index (χ4n) is 4.30. The molecule has 0 bridgehead atoms. The van der Waals surface area contributed by atoms with Gasteiger partial charge in [0.15, 0.2) is 0 Å². The second-order valence-corrected chi connectivity index (χ2v) is 8.74. The number of hydrogen-bond donors (Lipinski definition) is 1. The second-order valence-electron chi connectivity index (χ2n) is 7.73. The third kappa shape index (κ3) is 3.68. The van der Waals surface area contributed by atoms with Crippen LogP contribution in [0.25, 0.3) is 15.3 Å². The first-order valence-corrected chi connectivity index (χ1v) is 11.5. The van der Waals surface area contributed by atoms with E-state index < -0.39 is 0 Å². The molecule has 1 amide bonds. The van der Waals surface area contributed by atoms with Crippen LogP contribution < -0.4 is 19.5 Å². The summed E-state index contributed by atoms with van der Waals surface area (Å²) in [6.07, 6.45) is 0.292. The molecule has 5 rings (SSSR count). The standard InChI is InChI=1S/C24H24N4O4S/c1-5-32-15-6-8-18-20(11-15)33-24(25-18)28-23-22(13(2)27-28)17(12-21(29)26-23)16-10-14(30-3)7-9-19(16)31-4/h6-11,17H,5,12H2,1-4H3,(H,26,29)/t17-/m1/s1. The Morgan fingerprint density at radius 1 is 1.15 bits per heavy atom. The number of methoxy groups -OCH3 is 2. The van der Waals surface area contributed by atoms with Gasteiger partial charge in [0, 0.05) is 23.5 Å². The molecular weight excluding hydrogens is 440 g/mol. The molecule has 0 aliphatic carbocycles. The van der Waals surface area contributed by atoms with E-state index in [9.17, 15) is 4.79 Å². The maximum atomic E-state index is 12.8. The van der Waals surface area contributed by atoms with Crippen molar-refractivity contribution in [2.24, 2.45) is 0 Å². The largest absolute Gasteiger partial charge is 0.497 e. The minimum atomic E-state index is -0.216. The number of hydrogen-bond acceptors (Lipinski definition) is 7. The van der Waals surface area contributed by atoms with Crippen LogP contribution in [0.4, 0.5) is 5.82 Å². The van der Waals surface area contributed by atoms with Gasteiger partial charge >= 0.3 is 0 Å². The SMILES string of the molecule is CCOc1ccc2nc(-n3nc(C)c4c3NC(=O)C[C@@H]4c3cc(OC)ccc3OC)sc2c1. The van der Waals surface area contributed by atoms with Crippen molar-refractivity contribution in [3.05, 3.63) is 53.2 Å². The molecule has 0 fully saturated rings. The molecule has 0 unspecified atom stereocenters. The number of benzene rings is 2. The summed E-state index contributed by atoms with van der Waals surface area (Å²) in [5.74, 6) is 2.56. The molecular formula is C24H24N4O4S. The lowest BCUT2D eigenvalue weighted by Crippen LogP contribution is -2.25. The maximum absolute atomic E-state index is 12.8. The molecule has 1 aliphatic heterocycles. The summed E-state index contributed by atoms with van der Waals surface area (Å²) >= 11 is 1.50. The molecule has 1 aliphatic rings. The zero-order valence-corrected chi connectivity index (χ0v) is 19.7. The average molecular weight is 465 g/mol. The Bertz CT molecular complexity index is 1360. The Kier molecular flexibility index (Phi) is 5.41. The third-order valence-electron chi connectivity index (χ3n) is 5.76. The number of carbonyl (C=O) groups is 1. The van der Waals surface area contributed by atoms with Crippen molar-refractivity contribution in [2.75, 3.05) is 26.1 Å². The lowest BCUT2D eigenvalue weighted by Gasteiger charge is -2.25. The molecule has 1 atom stereocenters. The van der Waals surface area contributed by atoms with Gasteiger partial charge in [-0.05, 0) is 50.2 Å². The summed E-state index contributed by atoms with van der Waals surface area (Å²) in [4.78, 5) is 17.5. The summed E-state index contributed by atoms with van der Waals surface area (Å²) in [6.45, 7) is 4.51. The van der Waals surface area contributed by atoms with Gasteiger partial charge in [0.25, 0.3) is 0 Å². The normalized spacial score (nSPS) is 15.3. The second kappa shape index (κ2) is 8.40. The number of ether oxygens (including phenoxy) is 3. The maximum Gasteiger partial charge on any atom is 0.226 e. The summed E-state index contributed by atoms with van der Waals surface area (Å²) in [7, 11) is 3.25. The van der Waals surface area contributed by atoms with Crippen molar-refractivity contribution < 1.29 is 19.0 Å². The predicted octanol–water partition coefficient (Wildman–Crippen LogP) is 4.68. The number of fused-ring (bicyclic) bond motifs is 2. The summed E-state index contributed by atoms with van der Waals surface area (Å²) in [5.41, 5.74) is 3.53. The van der Waals surface area contributed by atoms with Crippen LogP contribution in [0.5, 0.6) is 17.2 Å². The predicted molar refractivity (Wildman–Crippen MR) is 127 cm³/mol. The minimum absolute atomic E-state index is 0.0849. The quantitative estimate of drug-likeness (QED) is 0.446. The average Bonchev–Trinajstić information content (AvgIpc) is 3.38. The number of amides is 1. The van der Waals surface area contributed by atoms with Gasteiger partial charge in [-0.1, -0.05) is 11.3 Å². The number of aromatic nitrogens is 3. The highest BCUT2D eigenvalue weighted by Gasteiger charge is 2.35. The van der Waals surface area contributed by atoms with E-state index in [0.717, 1.165) is 32.8 Å². The Morgan fingerprint density at radius 2 is 1.97 bits per heavy atom. The molecule has 0 saturated heterocycles. The summed E-state index contributed by atoms with van der Waals surface area (Å²) in [5, 5.41) is 8.47. The van der Waals surface area contributed by atoms with E-state index in [4.69, 9.17) is 24.3 Å². The molecule has 2 aromatic heterocycles. The van der Waals surface area contributed by atoms with E-state index in [2.05, 4.69) is 5.32 Å². The van der Waals surface area contributed by atoms with Crippen molar-refractivity contribution in [1.29, 1.82) is 0 Å². The van der Waals surface area contributed by atoms with E-state index in [-0.39, 0.29) is 11.8 Å². The van der Waals surface area contributed by atoms with E-state index in [1.54, 1.807) is 18.9 Å². The fraction of sp³-hybridized carbons (Fsp3) is 0.292. The lowest BCUT2D eigenvalue weighted by molar-refractivity contribution is -0.116. The first-order chi connectivity index (χ1) is 16.0. The van der Waals surface area contributed by atoms with Gasteiger partial charge in [-0.15, -0.1) is 0 Å². The number of aryl methyl sites for hydroxylation is 1. The molecule has 3 heterocycles. The fourth-order valence-corrected chi connectivity index (χ4v) is 5.26. The first kappa shape index (κ1) is 21.3. The van der Waals surface area contributed by atoms with Crippen LogP contribution in [0.3, 0.4) is 0 Å². The Morgan fingerprint density at radius 3 is 2.73 bits per heavy atom. The molecule has 0 radical (unpaired) electrons. The Labute approximate surface area is 195 Å². The Hall–Kier alpha value is -3.59. The number of nitrogens with zero attached hydrogens (tertiary/aromatic N) is 3. The van der Waals surface area contributed by atoms with Gasteiger partial charge in [0.1, 0.15) is 23.1 Å². The molecule has 4 aromatic rings. The van der Waals surface area contributed by atoms with Crippen LogP contribution in [0.2, 0.25) is 0 Å². The van der Waals surface area contributed by atoms with E-state index in [1.807, 2.05) is 50.2 Å². The molecule has 170 valence electrons. The van der Waals surface area contributed by atoms with Gasteiger partial charge in [0.05, 0.1) is 36.7 Å². The van der Waals surface area contributed by atoms with Crippen LogP contribution in [0.15, 0.2) is 36.4 Å². The highest BCUT2D eigenvalue weighted by Crippen LogP contribution is 2.44. The van der Waals surface area contributed by atoms with Crippen molar-refractivity contribution in [3.63, 3.8) is 0 Å². The molecule has 0 spiro atoms. The highest BCUT2D eigenvalue weighted by molar-refractivity contribution is 7.20. The van der Waals surface area contributed by atoms with Crippen LogP contribution in [-0.4, -0.2) is 41.5 Å². The van der Waals surface area contributed by atoms with Crippen LogP contribution in [0.1, 0.15) is 36.1 Å². The number of rotatable bonds is 6. The molecule has 2 aromatic carbocycles. The topological polar surface area (TPSA) is 87.5 Å². The Balaban J connectivity index is 1.64. The van der Waals surface area contributed by atoms with Gasteiger partial charge in [-0.3, -0.25) is 4.79 Å². The van der Waals surface area contributed by atoms with E-state index >= 15 is 0 Å². The summed E-state index contributed by atoms with van der Waals surface area (Å²) < 4.78 is 19.4. The molecule has 8 nitrogen and oxygen atoms in total. The number of anilines is 1. The van der Waals surface area contributed by atoms with Crippen molar-refractivity contribution in [2.45, 2.75) is 26.2 Å². The highest BCUT2D eigenvalue weighted by atomic mass is 32.1. The molecule has 9 heteroatoms. The smallest absolute Gasteiger partial charge is 0.226 e. The van der Waals surface area contributed by atoms with Gasteiger partial charge in [-0.25, -0.2) is 4.98 Å². The van der Waals surface area contributed by atoms with Crippen molar-refractivity contribution >= 4 is 33.3 Å². The number of nitrogens with one attached hydrogen (secondary N) is 1. The zero-order chi connectivity index (χ0) is 23.1. The van der Waals surface area contributed by atoms with Crippen molar-refractivity contribution in [3.8, 4) is 22.4 Å². The zero-order valence-electron chi connectivity index (χ0n) is 18.8. The van der Waals surface area contributed by atoms with Gasteiger partial charge < -0.3 is 19.5 Å². The van der Waals surface area contributed by atoms with Gasteiger partial charge in [0.2, 0.25) is 11.0 Å². The number of carbonyl (C=O) groups excluding carboxylic acids is 1. The lowest BCUT2D eigenvalue weighted by atomic mass is 9.85.